The van der Waals surface area contributed by atoms with E-state index in [0.717, 1.165) is 12.1 Å². The Morgan fingerprint density at radius 2 is 1.92 bits per heavy atom. The second kappa shape index (κ2) is 6.34. The SMILES string of the molecule is O=C(O)[C@@H]1CS[C@H](c2cn(Cc3ccccc3)c3ccccc23)N1. The van der Waals surface area contributed by atoms with Gasteiger partial charge < -0.3 is 9.67 Å². The van der Waals surface area contributed by atoms with Crippen molar-refractivity contribution in [2.24, 2.45) is 0 Å². The Kier molecular flexibility index (Phi) is 4.04. The van der Waals surface area contributed by atoms with Crippen LogP contribution in [0.1, 0.15) is 16.5 Å². The fraction of sp³-hybridized carbons (Fsp3) is 0.211. The van der Waals surface area contributed by atoms with Crippen LogP contribution in [0.5, 0.6) is 0 Å². The molecule has 0 saturated carbocycles. The Balaban J connectivity index is 1.71. The van der Waals surface area contributed by atoms with Gasteiger partial charge in [-0.25, -0.2) is 0 Å². The maximum Gasteiger partial charge on any atom is 0.321 e. The Labute approximate surface area is 144 Å². The van der Waals surface area contributed by atoms with Crippen molar-refractivity contribution in [1.29, 1.82) is 0 Å². The summed E-state index contributed by atoms with van der Waals surface area (Å²) in [7, 11) is 0. The van der Waals surface area contributed by atoms with Crippen molar-refractivity contribution in [2.45, 2.75) is 18.0 Å². The Hall–Kier alpha value is -2.24. The maximum absolute atomic E-state index is 11.2. The molecule has 2 atom stereocenters. The van der Waals surface area contributed by atoms with E-state index in [1.165, 1.54) is 16.5 Å². The first-order valence-corrected chi connectivity index (χ1v) is 8.99. The van der Waals surface area contributed by atoms with Crippen molar-refractivity contribution in [1.82, 2.24) is 9.88 Å². The number of carboxylic acid groups (broad SMARTS) is 1. The third-order valence-electron chi connectivity index (χ3n) is 4.38. The second-order valence-corrected chi connectivity index (χ2v) is 7.12. The number of rotatable bonds is 4. The molecule has 2 N–H and O–H groups in total. The highest BCUT2D eigenvalue weighted by molar-refractivity contribution is 7.99. The molecule has 5 heteroatoms. The Morgan fingerprint density at radius 3 is 2.67 bits per heavy atom. The number of benzene rings is 2. The van der Waals surface area contributed by atoms with Gasteiger partial charge in [0.2, 0.25) is 0 Å². The minimum Gasteiger partial charge on any atom is -0.480 e. The van der Waals surface area contributed by atoms with E-state index >= 15 is 0 Å². The molecule has 0 amide bonds. The molecule has 0 aliphatic carbocycles. The van der Waals surface area contributed by atoms with Crippen molar-refractivity contribution >= 4 is 28.6 Å². The maximum atomic E-state index is 11.2. The van der Waals surface area contributed by atoms with Crippen molar-refractivity contribution < 1.29 is 9.90 Å². The average molecular weight is 338 g/mol. The van der Waals surface area contributed by atoms with Gasteiger partial charge in [-0.15, -0.1) is 11.8 Å². The molecule has 24 heavy (non-hydrogen) atoms. The molecule has 0 bridgehead atoms. The summed E-state index contributed by atoms with van der Waals surface area (Å²) in [6.45, 7) is 0.807. The summed E-state index contributed by atoms with van der Waals surface area (Å²) in [5.41, 5.74) is 3.59. The molecule has 1 aliphatic heterocycles. The highest BCUT2D eigenvalue weighted by atomic mass is 32.2. The van der Waals surface area contributed by atoms with Crippen LogP contribution in [0.4, 0.5) is 0 Å². The van der Waals surface area contributed by atoms with E-state index in [-0.39, 0.29) is 5.37 Å². The number of fused-ring (bicyclic) bond motifs is 1. The highest BCUT2D eigenvalue weighted by Gasteiger charge is 2.31. The molecule has 1 aromatic heterocycles. The number of thioether (sulfide) groups is 1. The zero-order chi connectivity index (χ0) is 16.5. The molecule has 1 fully saturated rings. The van der Waals surface area contributed by atoms with Crippen LogP contribution in [0.2, 0.25) is 0 Å². The molecular weight excluding hydrogens is 320 g/mol. The van der Waals surface area contributed by atoms with E-state index in [2.05, 4.69) is 40.3 Å². The van der Waals surface area contributed by atoms with Crippen molar-refractivity contribution in [3.8, 4) is 0 Å². The van der Waals surface area contributed by atoms with Crippen molar-refractivity contribution in [3.63, 3.8) is 0 Å². The molecule has 3 aromatic rings. The van der Waals surface area contributed by atoms with Gasteiger partial charge in [0.15, 0.2) is 0 Å². The standard InChI is InChI=1S/C19H18N2O2S/c22-19(23)16-12-24-18(20-16)15-11-21(10-13-6-2-1-3-7-13)17-9-5-4-8-14(15)17/h1-9,11,16,18,20H,10,12H2,(H,22,23)/t16-,18+/m0/s1. The molecular formula is C19H18N2O2S. The third-order valence-corrected chi connectivity index (χ3v) is 5.63. The lowest BCUT2D eigenvalue weighted by atomic mass is 10.1. The predicted octanol–water partition coefficient (Wildman–Crippen LogP) is 3.48. The molecule has 0 unspecified atom stereocenters. The second-order valence-electron chi connectivity index (χ2n) is 5.99. The van der Waals surface area contributed by atoms with Crippen LogP contribution in [-0.4, -0.2) is 27.4 Å². The summed E-state index contributed by atoms with van der Waals surface area (Å²) < 4.78 is 2.25. The number of carboxylic acids is 1. The normalized spacial score (nSPS) is 20.5. The zero-order valence-electron chi connectivity index (χ0n) is 13.1. The molecule has 0 spiro atoms. The van der Waals surface area contributed by atoms with E-state index in [4.69, 9.17) is 0 Å². The molecule has 2 heterocycles. The zero-order valence-corrected chi connectivity index (χ0v) is 13.9. The van der Waals surface area contributed by atoms with Crippen LogP contribution >= 0.6 is 11.8 Å². The Bertz CT molecular complexity index is 875. The number of aliphatic carboxylic acids is 1. The largest absolute Gasteiger partial charge is 0.480 e. The third kappa shape index (κ3) is 2.81. The minimum atomic E-state index is -0.780. The lowest BCUT2D eigenvalue weighted by Crippen LogP contribution is -2.33. The van der Waals surface area contributed by atoms with E-state index in [9.17, 15) is 9.90 Å². The average Bonchev–Trinajstić information content (AvgIpc) is 3.21. The van der Waals surface area contributed by atoms with Crippen molar-refractivity contribution in [2.75, 3.05) is 5.75 Å². The van der Waals surface area contributed by atoms with Gasteiger partial charge in [0.05, 0.1) is 5.37 Å². The Morgan fingerprint density at radius 1 is 1.17 bits per heavy atom. The van der Waals surface area contributed by atoms with Gasteiger partial charge in [-0.3, -0.25) is 10.1 Å². The molecule has 1 aliphatic rings. The number of aromatic nitrogens is 1. The van der Waals surface area contributed by atoms with Gasteiger partial charge in [0.1, 0.15) is 6.04 Å². The van der Waals surface area contributed by atoms with Gasteiger partial charge in [-0.1, -0.05) is 48.5 Å². The molecule has 2 aromatic carbocycles. The number of hydrogen-bond acceptors (Lipinski definition) is 3. The van der Waals surface area contributed by atoms with Crippen LogP contribution in [0.15, 0.2) is 60.8 Å². The van der Waals surface area contributed by atoms with E-state index in [1.807, 2.05) is 30.3 Å². The number of hydrogen-bond donors (Lipinski definition) is 2. The van der Waals surface area contributed by atoms with E-state index in [1.54, 1.807) is 11.8 Å². The van der Waals surface area contributed by atoms with Crippen LogP contribution in [0.3, 0.4) is 0 Å². The van der Waals surface area contributed by atoms with E-state index in [0.29, 0.717) is 5.75 Å². The van der Waals surface area contributed by atoms with Gasteiger partial charge in [0.25, 0.3) is 0 Å². The number of nitrogens with one attached hydrogen (secondary N) is 1. The van der Waals surface area contributed by atoms with E-state index < -0.39 is 12.0 Å². The van der Waals surface area contributed by atoms with Crippen LogP contribution in [0, 0.1) is 0 Å². The summed E-state index contributed by atoms with van der Waals surface area (Å²) in [6, 6.07) is 18.2. The number of nitrogens with zero attached hydrogens (tertiary/aromatic N) is 1. The molecule has 0 radical (unpaired) electrons. The number of para-hydroxylation sites is 1. The molecule has 1 saturated heterocycles. The first-order chi connectivity index (χ1) is 11.7. The van der Waals surface area contributed by atoms with Crippen LogP contribution < -0.4 is 5.32 Å². The van der Waals surface area contributed by atoms with Gasteiger partial charge in [-0.2, -0.15) is 0 Å². The summed E-state index contributed by atoms with van der Waals surface area (Å²) in [6.07, 6.45) is 2.16. The quantitative estimate of drug-likeness (QED) is 0.765. The first kappa shape index (κ1) is 15.3. The smallest absolute Gasteiger partial charge is 0.321 e. The van der Waals surface area contributed by atoms with Gasteiger partial charge >= 0.3 is 5.97 Å². The summed E-state index contributed by atoms with van der Waals surface area (Å²) in [4.78, 5) is 11.2. The fourth-order valence-electron chi connectivity index (χ4n) is 3.19. The van der Waals surface area contributed by atoms with Crippen LogP contribution in [0.25, 0.3) is 10.9 Å². The molecule has 4 rings (SSSR count). The monoisotopic (exact) mass is 338 g/mol. The van der Waals surface area contributed by atoms with Gasteiger partial charge in [-0.05, 0) is 11.6 Å². The van der Waals surface area contributed by atoms with Crippen molar-refractivity contribution in [3.05, 3.63) is 71.9 Å². The molecule has 4 nitrogen and oxygen atoms in total. The summed E-state index contributed by atoms with van der Waals surface area (Å²) in [5.74, 6) is -0.184. The van der Waals surface area contributed by atoms with Crippen LogP contribution in [-0.2, 0) is 11.3 Å². The lowest BCUT2D eigenvalue weighted by molar-refractivity contribution is -0.138. The minimum absolute atomic E-state index is 0.0213. The predicted molar refractivity (Wildman–Crippen MR) is 97.2 cm³/mol. The fourth-order valence-corrected chi connectivity index (χ4v) is 4.44. The summed E-state index contributed by atoms with van der Waals surface area (Å²) >= 11 is 1.66. The first-order valence-electron chi connectivity index (χ1n) is 7.94. The molecule has 122 valence electrons. The highest BCUT2D eigenvalue weighted by Crippen LogP contribution is 2.37. The summed E-state index contributed by atoms with van der Waals surface area (Å²) in [5, 5.41) is 13.6. The lowest BCUT2D eigenvalue weighted by Gasteiger charge is -2.09. The van der Waals surface area contributed by atoms with Gasteiger partial charge in [0, 0.05) is 35.0 Å². The number of carbonyl (C=O) groups is 1. The topological polar surface area (TPSA) is 54.3 Å².